The van der Waals surface area contributed by atoms with Crippen LogP contribution < -0.4 is 19.7 Å². The lowest BCUT2D eigenvalue weighted by molar-refractivity contribution is -0.115. The molecule has 2 aromatic carbocycles. The van der Waals surface area contributed by atoms with E-state index in [1.54, 1.807) is 33.1 Å². The first-order valence-electron chi connectivity index (χ1n) is 10.8. The van der Waals surface area contributed by atoms with E-state index in [-0.39, 0.29) is 10.8 Å². The maximum atomic E-state index is 12.7. The molecule has 32 heavy (non-hydrogen) atoms. The van der Waals surface area contributed by atoms with Crippen molar-refractivity contribution in [1.29, 1.82) is 0 Å². The van der Waals surface area contributed by atoms with Crippen molar-refractivity contribution in [2.75, 3.05) is 56.6 Å². The van der Waals surface area contributed by atoms with Crippen molar-refractivity contribution in [2.45, 2.75) is 25.2 Å². The van der Waals surface area contributed by atoms with Crippen molar-refractivity contribution in [3.63, 3.8) is 0 Å². The molecule has 2 aromatic rings. The van der Waals surface area contributed by atoms with Gasteiger partial charge >= 0.3 is 0 Å². The molecule has 0 aromatic heterocycles. The average molecular weight is 461 g/mol. The summed E-state index contributed by atoms with van der Waals surface area (Å²) < 4.78 is 33.4. The van der Waals surface area contributed by atoms with Gasteiger partial charge in [0.15, 0.2) is 0 Å². The summed E-state index contributed by atoms with van der Waals surface area (Å²) in [7, 11) is -1.96. The number of benzene rings is 2. The van der Waals surface area contributed by atoms with Gasteiger partial charge in [-0.2, -0.15) is 0 Å². The minimum Gasteiger partial charge on any atom is -0.497 e. The van der Waals surface area contributed by atoms with E-state index < -0.39 is 10.0 Å². The molecule has 9 heteroatoms. The Morgan fingerprint density at radius 3 is 2.34 bits per heavy atom. The van der Waals surface area contributed by atoms with Crippen molar-refractivity contribution < 1.29 is 17.9 Å². The van der Waals surface area contributed by atoms with Crippen LogP contribution in [0.15, 0.2) is 47.4 Å². The van der Waals surface area contributed by atoms with Gasteiger partial charge in [0, 0.05) is 57.1 Å². The molecule has 0 atom stereocenters. The van der Waals surface area contributed by atoms with E-state index in [0.29, 0.717) is 30.8 Å². The maximum absolute atomic E-state index is 12.7. The van der Waals surface area contributed by atoms with Crippen molar-refractivity contribution in [1.82, 2.24) is 9.62 Å². The minimum absolute atomic E-state index is 0.106. The molecule has 0 saturated carbocycles. The third-order valence-corrected chi connectivity index (χ3v) is 7.22. The number of carbonyl (C=O) groups is 1. The number of nitrogens with zero attached hydrogens (tertiary/aromatic N) is 2. The summed E-state index contributed by atoms with van der Waals surface area (Å²) in [5, 5.41) is 2.75. The number of aryl methyl sites for hydroxylation is 1. The van der Waals surface area contributed by atoms with Gasteiger partial charge < -0.3 is 15.0 Å². The largest absolute Gasteiger partial charge is 0.497 e. The highest BCUT2D eigenvalue weighted by Crippen LogP contribution is 2.21. The fourth-order valence-electron chi connectivity index (χ4n) is 3.72. The summed E-state index contributed by atoms with van der Waals surface area (Å²) in [5.41, 5.74) is 2.36. The molecule has 174 valence electrons. The second-order valence-electron chi connectivity index (χ2n) is 7.81. The molecular formula is C23H32N4O4S. The van der Waals surface area contributed by atoms with Crippen LogP contribution in [-0.2, 0) is 14.8 Å². The second-order valence-corrected chi connectivity index (χ2v) is 9.54. The van der Waals surface area contributed by atoms with Gasteiger partial charge in [-0.05, 0) is 55.0 Å². The summed E-state index contributed by atoms with van der Waals surface area (Å²) in [6, 6.07) is 12.9. The van der Waals surface area contributed by atoms with Gasteiger partial charge in [0.05, 0.1) is 12.0 Å². The Morgan fingerprint density at radius 1 is 1.06 bits per heavy atom. The molecule has 0 spiro atoms. The van der Waals surface area contributed by atoms with Crippen LogP contribution in [0.2, 0.25) is 0 Å². The molecule has 1 heterocycles. The molecule has 8 nitrogen and oxygen atoms in total. The van der Waals surface area contributed by atoms with Gasteiger partial charge in [-0.25, -0.2) is 13.1 Å². The number of hydrogen-bond donors (Lipinski definition) is 2. The molecule has 0 aliphatic carbocycles. The summed E-state index contributed by atoms with van der Waals surface area (Å²) in [4.78, 5) is 16.4. The lowest BCUT2D eigenvalue weighted by Gasteiger charge is -2.36. The van der Waals surface area contributed by atoms with Crippen molar-refractivity contribution in [2.24, 2.45) is 0 Å². The Hall–Kier alpha value is -2.62. The molecule has 1 aliphatic heterocycles. The monoisotopic (exact) mass is 460 g/mol. The van der Waals surface area contributed by atoms with E-state index in [0.717, 1.165) is 31.9 Å². The van der Waals surface area contributed by atoms with E-state index in [4.69, 9.17) is 4.74 Å². The number of nitrogens with one attached hydrogen (secondary N) is 2. The Labute approximate surface area is 190 Å². The van der Waals surface area contributed by atoms with Gasteiger partial charge in [0.25, 0.3) is 0 Å². The van der Waals surface area contributed by atoms with Gasteiger partial charge in [0.2, 0.25) is 15.9 Å². The van der Waals surface area contributed by atoms with Gasteiger partial charge in [0.1, 0.15) is 5.75 Å². The molecule has 2 N–H and O–H groups in total. The van der Waals surface area contributed by atoms with Crippen LogP contribution >= 0.6 is 0 Å². The van der Waals surface area contributed by atoms with E-state index in [9.17, 15) is 13.2 Å². The lowest BCUT2D eigenvalue weighted by Crippen LogP contribution is -2.48. The highest BCUT2D eigenvalue weighted by atomic mass is 32.2. The number of piperazine rings is 1. The average Bonchev–Trinajstić information content (AvgIpc) is 2.79. The number of hydrogen-bond acceptors (Lipinski definition) is 6. The van der Waals surface area contributed by atoms with Crippen LogP contribution in [0.5, 0.6) is 5.75 Å². The summed E-state index contributed by atoms with van der Waals surface area (Å²) >= 11 is 0. The smallest absolute Gasteiger partial charge is 0.240 e. The summed E-state index contributed by atoms with van der Waals surface area (Å²) in [6.45, 7) is 8.03. The Kier molecular flexibility index (Phi) is 8.11. The topological polar surface area (TPSA) is 91.0 Å². The first kappa shape index (κ1) is 24.0. The lowest BCUT2D eigenvalue weighted by atomic mass is 10.2. The first-order valence-corrected chi connectivity index (χ1v) is 12.3. The minimum atomic E-state index is -3.61. The maximum Gasteiger partial charge on any atom is 0.240 e. The number of ether oxygens (including phenoxy) is 1. The molecule has 1 saturated heterocycles. The number of anilines is 2. The second kappa shape index (κ2) is 10.8. The summed E-state index contributed by atoms with van der Waals surface area (Å²) in [5.74, 6) is 0.737. The number of sulfonamides is 1. The Morgan fingerprint density at radius 2 is 1.75 bits per heavy atom. The molecule has 0 radical (unpaired) electrons. The summed E-state index contributed by atoms with van der Waals surface area (Å²) in [6.07, 6.45) is 0.370. The number of amides is 1. The van der Waals surface area contributed by atoms with Crippen molar-refractivity contribution in [3.8, 4) is 5.75 Å². The van der Waals surface area contributed by atoms with Gasteiger partial charge in [-0.1, -0.05) is 6.92 Å². The quantitative estimate of drug-likeness (QED) is 0.597. The van der Waals surface area contributed by atoms with Gasteiger partial charge in [-0.15, -0.1) is 0 Å². The highest BCUT2D eigenvalue weighted by Gasteiger charge is 2.20. The third-order valence-electron chi connectivity index (χ3n) is 5.60. The first-order chi connectivity index (χ1) is 15.3. The molecule has 3 rings (SSSR count). The molecule has 0 bridgehead atoms. The molecule has 0 unspecified atom stereocenters. The number of carbonyl (C=O) groups excluding carboxylic acids is 1. The van der Waals surface area contributed by atoms with Gasteiger partial charge in [-0.3, -0.25) is 9.69 Å². The fraction of sp³-hybridized carbons (Fsp3) is 0.435. The molecule has 1 aliphatic rings. The van der Waals surface area contributed by atoms with E-state index >= 15 is 0 Å². The normalized spacial score (nSPS) is 14.9. The van der Waals surface area contributed by atoms with E-state index in [1.165, 1.54) is 11.8 Å². The predicted molar refractivity (Wildman–Crippen MR) is 127 cm³/mol. The van der Waals surface area contributed by atoms with E-state index in [2.05, 4.69) is 32.0 Å². The molecular weight excluding hydrogens is 428 g/mol. The zero-order valence-corrected chi connectivity index (χ0v) is 19.7. The molecule has 1 amide bonds. The van der Waals surface area contributed by atoms with Crippen LogP contribution in [0.4, 0.5) is 11.4 Å². The van der Waals surface area contributed by atoms with E-state index in [1.807, 2.05) is 12.1 Å². The van der Waals surface area contributed by atoms with Crippen molar-refractivity contribution in [3.05, 3.63) is 48.0 Å². The predicted octanol–water partition coefficient (Wildman–Crippen LogP) is 2.45. The zero-order chi connectivity index (χ0) is 23.1. The van der Waals surface area contributed by atoms with Crippen LogP contribution in [0.1, 0.15) is 18.9 Å². The SMILES string of the molecule is CCC(=O)Nc1ccc(S(=O)(=O)NCCN2CCN(c3ccc(OC)cc3)CC2)c(C)c1. The Balaban J connectivity index is 1.48. The van der Waals surface area contributed by atoms with Crippen LogP contribution in [-0.4, -0.2) is 65.6 Å². The number of rotatable bonds is 9. The highest BCUT2D eigenvalue weighted by molar-refractivity contribution is 7.89. The fourth-order valence-corrected chi connectivity index (χ4v) is 4.96. The van der Waals surface area contributed by atoms with Crippen LogP contribution in [0.25, 0.3) is 0 Å². The van der Waals surface area contributed by atoms with Crippen LogP contribution in [0.3, 0.4) is 0 Å². The zero-order valence-electron chi connectivity index (χ0n) is 18.9. The Bertz CT molecular complexity index is 1020. The number of methoxy groups -OCH3 is 1. The standard InChI is InChI=1S/C23H32N4O4S/c1-4-23(28)25-19-5-10-22(18(2)17-19)32(29,30)24-11-12-26-13-15-27(16-14-26)20-6-8-21(31-3)9-7-20/h5-10,17,24H,4,11-16H2,1-3H3,(H,25,28). The third kappa shape index (κ3) is 6.21. The van der Waals surface area contributed by atoms with Crippen LogP contribution in [0, 0.1) is 6.92 Å². The van der Waals surface area contributed by atoms with Crippen molar-refractivity contribution >= 4 is 27.3 Å². The molecule has 1 fully saturated rings.